The molecule has 1 saturated carbocycles. The molecule has 1 fully saturated rings. The molecule has 114 valence electrons. The smallest absolute Gasteiger partial charge is 0.331 e. The lowest BCUT2D eigenvalue weighted by molar-refractivity contribution is -0.149. The van der Waals surface area contributed by atoms with Crippen molar-refractivity contribution in [1.29, 1.82) is 0 Å². The standard InChI is InChI=1S/C15H17F2NO3/c1-21-14(20)15(8-3-2-4-9-15)18-13(19)12-10(16)6-5-7-11(12)17/h5-7H,2-4,8-9H2,1H3,(H,18,19). The largest absolute Gasteiger partial charge is 0.467 e. The maximum Gasteiger partial charge on any atom is 0.331 e. The van der Waals surface area contributed by atoms with E-state index in [1.54, 1.807) is 0 Å². The molecule has 0 heterocycles. The highest BCUT2D eigenvalue weighted by Gasteiger charge is 2.42. The van der Waals surface area contributed by atoms with Gasteiger partial charge in [-0.1, -0.05) is 25.3 Å². The predicted molar refractivity (Wildman–Crippen MR) is 71.7 cm³/mol. The second-order valence-corrected chi connectivity index (χ2v) is 5.19. The summed E-state index contributed by atoms with van der Waals surface area (Å²) in [5, 5.41) is 2.49. The summed E-state index contributed by atoms with van der Waals surface area (Å²) in [6, 6.07) is 3.19. The molecule has 0 aromatic heterocycles. The Labute approximate surface area is 121 Å². The minimum absolute atomic E-state index is 0.404. The summed E-state index contributed by atoms with van der Waals surface area (Å²) >= 11 is 0. The molecule has 1 N–H and O–H groups in total. The number of methoxy groups -OCH3 is 1. The molecular formula is C15H17F2NO3. The first-order chi connectivity index (χ1) is 10.00. The van der Waals surface area contributed by atoms with Gasteiger partial charge in [-0.15, -0.1) is 0 Å². The van der Waals surface area contributed by atoms with Gasteiger partial charge in [0.2, 0.25) is 0 Å². The first-order valence-corrected chi connectivity index (χ1v) is 6.85. The van der Waals surface area contributed by atoms with Crippen LogP contribution in [0.15, 0.2) is 18.2 Å². The summed E-state index contributed by atoms with van der Waals surface area (Å²) in [5.74, 6) is -3.42. The molecule has 0 atom stereocenters. The number of benzene rings is 1. The Morgan fingerprint density at radius 3 is 2.24 bits per heavy atom. The van der Waals surface area contributed by atoms with Gasteiger partial charge >= 0.3 is 5.97 Å². The highest BCUT2D eigenvalue weighted by molar-refractivity contribution is 5.98. The van der Waals surface area contributed by atoms with E-state index in [1.165, 1.54) is 13.2 Å². The van der Waals surface area contributed by atoms with Crippen LogP contribution in [0, 0.1) is 11.6 Å². The van der Waals surface area contributed by atoms with Gasteiger partial charge in [0.25, 0.3) is 5.91 Å². The lowest BCUT2D eigenvalue weighted by atomic mass is 9.81. The molecule has 1 aromatic carbocycles. The van der Waals surface area contributed by atoms with Crippen molar-refractivity contribution in [2.75, 3.05) is 7.11 Å². The monoisotopic (exact) mass is 297 g/mol. The number of carbonyl (C=O) groups is 2. The minimum Gasteiger partial charge on any atom is -0.467 e. The summed E-state index contributed by atoms with van der Waals surface area (Å²) in [4.78, 5) is 24.2. The zero-order chi connectivity index (χ0) is 15.5. The second kappa shape index (κ2) is 6.20. The molecule has 0 saturated heterocycles. The molecule has 4 nitrogen and oxygen atoms in total. The molecule has 0 spiro atoms. The van der Waals surface area contributed by atoms with E-state index < -0.39 is 34.6 Å². The van der Waals surface area contributed by atoms with Crippen molar-refractivity contribution in [1.82, 2.24) is 5.32 Å². The molecule has 1 aliphatic carbocycles. The van der Waals surface area contributed by atoms with E-state index in [2.05, 4.69) is 5.32 Å². The van der Waals surface area contributed by atoms with Gasteiger partial charge in [-0.2, -0.15) is 0 Å². The van der Waals surface area contributed by atoms with Crippen LogP contribution in [0.25, 0.3) is 0 Å². The molecule has 6 heteroatoms. The predicted octanol–water partition coefficient (Wildman–Crippen LogP) is 2.57. The van der Waals surface area contributed by atoms with Gasteiger partial charge in [0.1, 0.15) is 22.7 Å². The fourth-order valence-corrected chi connectivity index (χ4v) is 2.73. The van der Waals surface area contributed by atoms with E-state index in [0.29, 0.717) is 12.8 Å². The molecule has 0 radical (unpaired) electrons. The number of ether oxygens (including phenoxy) is 1. The molecule has 1 amide bonds. The van der Waals surface area contributed by atoms with Crippen molar-refractivity contribution in [3.8, 4) is 0 Å². The maximum absolute atomic E-state index is 13.6. The summed E-state index contributed by atoms with van der Waals surface area (Å²) < 4.78 is 32.0. The number of carbonyl (C=O) groups excluding carboxylic acids is 2. The van der Waals surface area contributed by atoms with E-state index in [9.17, 15) is 18.4 Å². The number of amides is 1. The maximum atomic E-state index is 13.6. The summed E-state index contributed by atoms with van der Waals surface area (Å²) in [5.41, 5.74) is -1.87. The van der Waals surface area contributed by atoms with Crippen molar-refractivity contribution in [2.45, 2.75) is 37.6 Å². The van der Waals surface area contributed by atoms with Gasteiger partial charge in [0.15, 0.2) is 0 Å². The van der Waals surface area contributed by atoms with Gasteiger partial charge in [0, 0.05) is 0 Å². The molecule has 1 aromatic rings. The zero-order valence-corrected chi connectivity index (χ0v) is 11.7. The molecule has 0 unspecified atom stereocenters. The summed E-state index contributed by atoms with van der Waals surface area (Å²) in [7, 11) is 1.23. The number of nitrogens with one attached hydrogen (secondary N) is 1. The number of halogens is 2. The van der Waals surface area contributed by atoms with Crippen LogP contribution in [0.1, 0.15) is 42.5 Å². The third kappa shape index (κ3) is 3.04. The second-order valence-electron chi connectivity index (χ2n) is 5.19. The van der Waals surface area contributed by atoms with Crippen LogP contribution >= 0.6 is 0 Å². The van der Waals surface area contributed by atoms with E-state index in [-0.39, 0.29) is 0 Å². The van der Waals surface area contributed by atoms with Crippen LogP contribution in [0.3, 0.4) is 0 Å². The average Bonchev–Trinajstić information content (AvgIpc) is 2.47. The van der Waals surface area contributed by atoms with E-state index in [4.69, 9.17) is 4.74 Å². The van der Waals surface area contributed by atoms with E-state index in [1.807, 2.05) is 0 Å². The lowest BCUT2D eigenvalue weighted by Gasteiger charge is -2.35. The topological polar surface area (TPSA) is 55.4 Å². The minimum atomic E-state index is -1.20. The van der Waals surface area contributed by atoms with Gasteiger partial charge in [0.05, 0.1) is 7.11 Å². The number of esters is 1. The van der Waals surface area contributed by atoms with Crippen LogP contribution in [-0.2, 0) is 9.53 Å². The molecule has 21 heavy (non-hydrogen) atoms. The Hall–Kier alpha value is -1.98. The molecule has 2 rings (SSSR count). The Kier molecular flexibility index (Phi) is 4.55. The van der Waals surface area contributed by atoms with Gasteiger partial charge in [-0.3, -0.25) is 4.79 Å². The third-order valence-electron chi connectivity index (χ3n) is 3.83. The highest BCUT2D eigenvalue weighted by atomic mass is 19.1. The highest BCUT2D eigenvalue weighted by Crippen LogP contribution is 2.30. The van der Waals surface area contributed by atoms with Gasteiger partial charge in [-0.25, -0.2) is 13.6 Å². The molecular weight excluding hydrogens is 280 g/mol. The van der Waals surface area contributed by atoms with Crippen LogP contribution in [0.2, 0.25) is 0 Å². The van der Waals surface area contributed by atoms with Crippen molar-refractivity contribution in [3.05, 3.63) is 35.4 Å². The quantitative estimate of drug-likeness (QED) is 0.872. The Morgan fingerprint density at radius 1 is 1.14 bits per heavy atom. The fraction of sp³-hybridized carbons (Fsp3) is 0.467. The SMILES string of the molecule is COC(=O)C1(NC(=O)c2c(F)cccc2F)CCCCC1. The van der Waals surface area contributed by atoms with Crippen molar-refractivity contribution in [3.63, 3.8) is 0 Å². The average molecular weight is 297 g/mol. The lowest BCUT2D eigenvalue weighted by Crippen LogP contribution is -2.56. The van der Waals surface area contributed by atoms with Crippen LogP contribution in [0.4, 0.5) is 8.78 Å². The van der Waals surface area contributed by atoms with Crippen LogP contribution < -0.4 is 5.32 Å². The number of hydrogen-bond donors (Lipinski definition) is 1. The molecule has 1 aliphatic rings. The number of rotatable bonds is 3. The van der Waals surface area contributed by atoms with Crippen molar-refractivity contribution < 1.29 is 23.1 Å². The van der Waals surface area contributed by atoms with Gasteiger partial charge < -0.3 is 10.1 Å². The van der Waals surface area contributed by atoms with Gasteiger partial charge in [-0.05, 0) is 25.0 Å². The Morgan fingerprint density at radius 2 is 1.71 bits per heavy atom. The van der Waals surface area contributed by atoms with Crippen LogP contribution in [-0.4, -0.2) is 24.5 Å². The molecule has 0 aliphatic heterocycles. The summed E-state index contributed by atoms with van der Waals surface area (Å²) in [6.45, 7) is 0. The van der Waals surface area contributed by atoms with Crippen LogP contribution in [0.5, 0.6) is 0 Å². The third-order valence-corrected chi connectivity index (χ3v) is 3.83. The molecule has 0 bridgehead atoms. The Bertz CT molecular complexity index is 534. The normalized spacial score (nSPS) is 17.1. The fourth-order valence-electron chi connectivity index (χ4n) is 2.73. The van der Waals surface area contributed by atoms with Crippen molar-refractivity contribution in [2.24, 2.45) is 0 Å². The first kappa shape index (κ1) is 15.4. The summed E-state index contributed by atoms with van der Waals surface area (Å²) in [6.07, 6.45) is 3.25. The van der Waals surface area contributed by atoms with E-state index >= 15 is 0 Å². The number of hydrogen-bond acceptors (Lipinski definition) is 3. The zero-order valence-electron chi connectivity index (χ0n) is 11.7. The van der Waals surface area contributed by atoms with E-state index in [0.717, 1.165) is 31.4 Å². The Balaban J connectivity index is 2.28. The first-order valence-electron chi connectivity index (χ1n) is 6.85. The van der Waals surface area contributed by atoms with Crippen molar-refractivity contribution >= 4 is 11.9 Å².